The minimum atomic E-state index is -1.25. The molecular formula is C23H23NO6. The Kier molecular flexibility index (Phi) is 5.30. The first kappa shape index (κ1) is 20.1. The summed E-state index contributed by atoms with van der Waals surface area (Å²) in [5.41, 5.74) is -0.335. The lowest BCUT2D eigenvalue weighted by atomic mass is 9.68. The number of carbonyl (C=O) groups is 3. The molecule has 0 radical (unpaired) electrons. The van der Waals surface area contributed by atoms with Crippen molar-refractivity contribution in [3.8, 4) is 5.75 Å². The maximum absolute atomic E-state index is 13.3. The first-order valence-corrected chi connectivity index (χ1v) is 10.0. The molecule has 1 saturated carbocycles. The molecule has 0 bridgehead atoms. The van der Waals surface area contributed by atoms with Crippen LogP contribution in [0.4, 0.5) is 0 Å². The third-order valence-corrected chi connectivity index (χ3v) is 6.02. The molecule has 1 aliphatic carbocycles. The zero-order chi connectivity index (χ0) is 21.3. The van der Waals surface area contributed by atoms with Gasteiger partial charge in [-0.15, -0.1) is 0 Å². The van der Waals surface area contributed by atoms with Gasteiger partial charge in [0, 0.05) is 0 Å². The molecule has 2 amide bonds. The molecule has 1 atom stereocenters. The van der Waals surface area contributed by atoms with Crippen LogP contribution in [0.25, 0.3) is 0 Å². The highest BCUT2D eigenvalue weighted by atomic mass is 16.7. The molecule has 0 aromatic heterocycles. The number of aliphatic hydroxyl groups excluding tert-OH is 1. The van der Waals surface area contributed by atoms with Gasteiger partial charge in [0.1, 0.15) is 11.2 Å². The van der Waals surface area contributed by atoms with Crippen LogP contribution in [0.5, 0.6) is 5.75 Å². The van der Waals surface area contributed by atoms with Gasteiger partial charge in [0.2, 0.25) is 0 Å². The van der Waals surface area contributed by atoms with Gasteiger partial charge in [-0.05, 0) is 42.7 Å². The topological polar surface area (TPSA) is 93.1 Å². The van der Waals surface area contributed by atoms with E-state index in [9.17, 15) is 19.5 Å². The van der Waals surface area contributed by atoms with Crippen molar-refractivity contribution in [2.75, 3.05) is 7.11 Å². The van der Waals surface area contributed by atoms with Gasteiger partial charge in [-0.1, -0.05) is 48.6 Å². The van der Waals surface area contributed by atoms with Crippen molar-refractivity contribution >= 4 is 17.8 Å². The number of hydrogen-bond donors (Lipinski definition) is 1. The predicted octanol–water partition coefficient (Wildman–Crippen LogP) is 3.43. The number of fused-ring (bicyclic) bond motifs is 1. The fourth-order valence-corrected chi connectivity index (χ4v) is 4.33. The molecule has 1 aliphatic heterocycles. The van der Waals surface area contributed by atoms with Crippen LogP contribution in [0.3, 0.4) is 0 Å². The van der Waals surface area contributed by atoms with Crippen LogP contribution in [0, 0.1) is 5.41 Å². The Bertz CT molecular complexity index is 960. The second-order valence-electron chi connectivity index (χ2n) is 7.72. The smallest absolute Gasteiger partial charge is 0.342 e. The molecule has 1 unspecified atom stereocenters. The second-order valence-corrected chi connectivity index (χ2v) is 7.72. The number of methoxy groups -OCH3 is 1. The number of carbonyl (C=O) groups excluding carboxylic acids is 3. The van der Waals surface area contributed by atoms with Crippen LogP contribution < -0.4 is 4.74 Å². The highest BCUT2D eigenvalue weighted by Crippen LogP contribution is 2.48. The predicted molar refractivity (Wildman–Crippen MR) is 107 cm³/mol. The molecule has 156 valence electrons. The molecule has 1 heterocycles. The molecule has 1 fully saturated rings. The van der Waals surface area contributed by atoms with Crippen LogP contribution in [0.2, 0.25) is 0 Å². The van der Waals surface area contributed by atoms with E-state index in [2.05, 4.69) is 0 Å². The SMILES string of the molecule is COc1cccc(C(O)C2(C(=O)ON3C(=O)c4ccccc4C3=O)CCCCC2)c1. The van der Waals surface area contributed by atoms with E-state index in [1.165, 1.54) is 19.2 Å². The average Bonchev–Trinajstić information content (AvgIpc) is 3.04. The normalized spacial score (nSPS) is 18.7. The summed E-state index contributed by atoms with van der Waals surface area (Å²) in [6.45, 7) is 0. The van der Waals surface area contributed by atoms with Gasteiger partial charge in [0.15, 0.2) is 0 Å². The average molecular weight is 409 g/mol. The molecule has 2 aromatic carbocycles. The summed E-state index contributed by atoms with van der Waals surface area (Å²) in [5, 5.41) is 11.7. The molecule has 1 N–H and O–H groups in total. The third kappa shape index (κ3) is 3.25. The van der Waals surface area contributed by atoms with Crippen LogP contribution in [-0.2, 0) is 9.63 Å². The lowest BCUT2D eigenvalue weighted by Crippen LogP contribution is -2.45. The summed E-state index contributed by atoms with van der Waals surface area (Å²) in [6, 6.07) is 13.2. The van der Waals surface area contributed by atoms with Gasteiger partial charge in [-0.3, -0.25) is 9.59 Å². The Morgan fingerprint density at radius 3 is 2.23 bits per heavy atom. The number of rotatable bonds is 5. The first-order chi connectivity index (χ1) is 14.5. The molecule has 0 spiro atoms. The standard InChI is InChI=1S/C23H23NO6/c1-29-16-9-7-8-15(14-16)19(25)23(12-5-2-6-13-23)22(28)30-24-20(26)17-10-3-4-11-18(17)21(24)27/h3-4,7-11,14,19,25H,2,5-6,12-13H2,1H3. The van der Waals surface area contributed by atoms with Gasteiger partial charge in [0.05, 0.1) is 24.3 Å². The van der Waals surface area contributed by atoms with Gasteiger partial charge in [-0.2, -0.15) is 0 Å². The molecule has 7 nitrogen and oxygen atoms in total. The number of imide groups is 1. The van der Waals surface area contributed by atoms with E-state index in [0.717, 1.165) is 19.3 Å². The molecule has 4 rings (SSSR count). The fraction of sp³-hybridized carbons (Fsp3) is 0.348. The van der Waals surface area contributed by atoms with E-state index >= 15 is 0 Å². The van der Waals surface area contributed by atoms with E-state index in [4.69, 9.17) is 9.57 Å². The molecule has 30 heavy (non-hydrogen) atoms. The Morgan fingerprint density at radius 1 is 1.00 bits per heavy atom. The second kappa shape index (κ2) is 7.91. The van der Waals surface area contributed by atoms with Crippen molar-refractivity contribution < 1.29 is 29.1 Å². The fourth-order valence-electron chi connectivity index (χ4n) is 4.33. The monoisotopic (exact) mass is 409 g/mol. The molecule has 0 saturated heterocycles. The van der Waals surface area contributed by atoms with Crippen molar-refractivity contribution in [3.63, 3.8) is 0 Å². The van der Waals surface area contributed by atoms with E-state index in [-0.39, 0.29) is 11.1 Å². The van der Waals surface area contributed by atoms with Crippen molar-refractivity contribution in [3.05, 3.63) is 65.2 Å². The highest BCUT2D eigenvalue weighted by molar-refractivity contribution is 6.20. The largest absolute Gasteiger partial charge is 0.497 e. The summed E-state index contributed by atoms with van der Waals surface area (Å²) in [4.78, 5) is 43.9. The lowest BCUT2D eigenvalue weighted by Gasteiger charge is -2.39. The minimum absolute atomic E-state index is 0.196. The number of ether oxygens (including phenoxy) is 1. The van der Waals surface area contributed by atoms with Gasteiger partial charge in [0.25, 0.3) is 11.8 Å². The summed E-state index contributed by atoms with van der Waals surface area (Å²) >= 11 is 0. The number of aliphatic hydroxyl groups is 1. The Balaban J connectivity index is 1.63. The van der Waals surface area contributed by atoms with E-state index in [0.29, 0.717) is 29.2 Å². The van der Waals surface area contributed by atoms with E-state index in [1.807, 2.05) is 0 Å². The summed E-state index contributed by atoms with van der Waals surface area (Å²) in [5.74, 6) is -1.56. The Hall–Kier alpha value is -3.19. The number of hydrogen-bond acceptors (Lipinski definition) is 6. The van der Waals surface area contributed by atoms with Crippen LogP contribution in [-0.4, -0.2) is 35.1 Å². The zero-order valence-electron chi connectivity index (χ0n) is 16.7. The number of amides is 2. The van der Waals surface area contributed by atoms with Gasteiger partial charge < -0.3 is 14.7 Å². The maximum atomic E-state index is 13.3. The summed E-state index contributed by atoms with van der Waals surface area (Å²) < 4.78 is 5.23. The zero-order valence-corrected chi connectivity index (χ0v) is 16.7. The summed E-state index contributed by atoms with van der Waals surface area (Å²) in [6.07, 6.45) is 2.04. The van der Waals surface area contributed by atoms with E-state index in [1.54, 1.807) is 36.4 Å². The van der Waals surface area contributed by atoms with Gasteiger partial charge in [-0.25, -0.2) is 4.79 Å². The number of benzene rings is 2. The van der Waals surface area contributed by atoms with Crippen LogP contribution in [0.15, 0.2) is 48.5 Å². The number of hydroxylamine groups is 2. The minimum Gasteiger partial charge on any atom is -0.497 e. The van der Waals surface area contributed by atoms with Crippen molar-refractivity contribution in [2.24, 2.45) is 5.41 Å². The van der Waals surface area contributed by atoms with Crippen LogP contribution in [0.1, 0.15) is 64.5 Å². The van der Waals surface area contributed by atoms with Crippen molar-refractivity contribution in [2.45, 2.75) is 38.2 Å². The van der Waals surface area contributed by atoms with Crippen molar-refractivity contribution in [1.82, 2.24) is 5.06 Å². The third-order valence-electron chi connectivity index (χ3n) is 6.02. The highest BCUT2D eigenvalue weighted by Gasteiger charge is 2.50. The van der Waals surface area contributed by atoms with E-state index < -0.39 is 29.3 Å². The molecule has 7 heteroatoms. The molecule has 2 aliphatic rings. The molecule has 2 aromatic rings. The lowest BCUT2D eigenvalue weighted by molar-refractivity contribution is -0.192. The maximum Gasteiger partial charge on any atom is 0.342 e. The van der Waals surface area contributed by atoms with Crippen LogP contribution >= 0.6 is 0 Å². The summed E-state index contributed by atoms with van der Waals surface area (Å²) in [7, 11) is 1.53. The number of nitrogens with zero attached hydrogens (tertiary/aromatic N) is 1. The molecular weight excluding hydrogens is 386 g/mol. The first-order valence-electron chi connectivity index (χ1n) is 10.0. The Labute approximate surface area is 174 Å². The Morgan fingerprint density at radius 2 is 1.63 bits per heavy atom. The van der Waals surface area contributed by atoms with Crippen molar-refractivity contribution in [1.29, 1.82) is 0 Å². The quantitative estimate of drug-likeness (QED) is 0.761. The van der Waals surface area contributed by atoms with Gasteiger partial charge >= 0.3 is 5.97 Å².